The molecule has 3 aromatic carbocycles. The second-order valence-corrected chi connectivity index (χ2v) is 8.28. The van der Waals surface area contributed by atoms with Crippen molar-refractivity contribution in [2.24, 2.45) is 4.99 Å². The number of carbonyl (C=O) groups is 3. The van der Waals surface area contributed by atoms with Gasteiger partial charge in [-0.25, -0.2) is 14.8 Å². The largest absolute Gasteiger partial charge is 0.497 e. The number of hydrazine groups is 1. The summed E-state index contributed by atoms with van der Waals surface area (Å²) in [6.07, 6.45) is 1.71. The number of ether oxygens (including phenoxy) is 1. The number of benzene rings is 3. The third kappa shape index (κ3) is 6.60. The Labute approximate surface area is 218 Å². The minimum absolute atomic E-state index is 0.0326. The van der Waals surface area contributed by atoms with Crippen molar-refractivity contribution >= 4 is 40.8 Å². The minimum atomic E-state index is -0.748. The van der Waals surface area contributed by atoms with Crippen molar-refractivity contribution in [1.82, 2.24) is 10.9 Å². The van der Waals surface area contributed by atoms with E-state index in [1.54, 1.807) is 73.8 Å². The highest BCUT2D eigenvalue weighted by molar-refractivity contribution is 6.45. The summed E-state index contributed by atoms with van der Waals surface area (Å²) in [6, 6.07) is 22.4. The van der Waals surface area contributed by atoms with Gasteiger partial charge in [0.15, 0.2) is 5.70 Å². The van der Waals surface area contributed by atoms with Crippen LogP contribution in [0.25, 0.3) is 0 Å². The summed E-state index contributed by atoms with van der Waals surface area (Å²) in [5.74, 6) is -1.39. The van der Waals surface area contributed by atoms with Gasteiger partial charge in [-0.05, 0) is 60.5 Å². The van der Waals surface area contributed by atoms with Crippen LogP contribution < -0.4 is 20.7 Å². The highest BCUT2D eigenvalue weighted by atomic mass is 35.5. The number of halogens is 1. The highest BCUT2D eigenvalue weighted by Crippen LogP contribution is 2.24. The Bertz CT molecular complexity index is 1360. The topological polar surface area (TPSA) is 109 Å². The van der Waals surface area contributed by atoms with E-state index in [2.05, 4.69) is 15.9 Å². The predicted molar refractivity (Wildman–Crippen MR) is 139 cm³/mol. The zero-order valence-corrected chi connectivity index (χ0v) is 20.6. The van der Waals surface area contributed by atoms with Crippen molar-refractivity contribution in [3.05, 3.63) is 107 Å². The van der Waals surface area contributed by atoms with Gasteiger partial charge in [0.05, 0.1) is 12.8 Å². The molecule has 1 fully saturated rings. The molecule has 2 amide bonds. The van der Waals surface area contributed by atoms with Crippen LogP contribution >= 0.6 is 11.6 Å². The Morgan fingerprint density at radius 2 is 1.84 bits per heavy atom. The van der Waals surface area contributed by atoms with Crippen LogP contribution in [0.5, 0.6) is 5.75 Å². The first-order valence-electron chi connectivity index (χ1n) is 11.3. The lowest BCUT2D eigenvalue weighted by Gasteiger charge is -2.16. The molecule has 0 spiro atoms. The van der Waals surface area contributed by atoms with Gasteiger partial charge >= 0.3 is 5.97 Å². The summed E-state index contributed by atoms with van der Waals surface area (Å²) in [6.45, 7) is 0.256. The van der Waals surface area contributed by atoms with Gasteiger partial charge in [0.25, 0.3) is 11.8 Å². The number of nitrogens with zero attached hydrogens (tertiary/aromatic N) is 2. The molecular formula is C27H23ClN4O5. The molecule has 1 heterocycles. The molecule has 0 atom stereocenters. The van der Waals surface area contributed by atoms with Crippen LogP contribution in [0.3, 0.4) is 0 Å². The Balaban J connectivity index is 1.61. The monoisotopic (exact) mass is 518 g/mol. The Morgan fingerprint density at radius 1 is 1.08 bits per heavy atom. The normalized spacial score (nSPS) is 14.4. The fourth-order valence-corrected chi connectivity index (χ4v) is 3.68. The van der Waals surface area contributed by atoms with Crippen molar-refractivity contribution in [2.45, 2.75) is 6.42 Å². The van der Waals surface area contributed by atoms with E-state index in [0.717, 1.165) is 5.56 Å². The lowest BCUT2D eigenvalue weighted by atomic mass is 10.1. The van der Waals surface area contributed by atoms with Crippen LogP contribution in [0.1, 0.15) is 15.9 Å². The van der Waals surface area contributed by atoms with Crippen molar-refractivity contribution in [2.75, 3.05) is 18.7 Å². The maximum atomic E-state index is 13.1. The average molecular weight is 519 g/mol. The van der Waals surface area contributed by atoms with Gasteiger partial charge in [-0.15, -0.1) is 0 Å². The average Bonchev–Trinajstić information content (AvgIpc) is 3.28. The molecular weight excluding hydrogens is 496 g/mol. The second-order valence-electron chi connectivity index (χ2n) is 7.85. The zero-order chi connectivity index (χ0) is 26.2. The first-order chi connectivity index (χ1) is 17.9. The Hall–Kier alpha value is -4.47. The standard InChI is InChI=1S/C27H23ClN4O5/c1-36-22-12-10-21(11-13-22)32-24(27(35)37-31-32)17-23(30-25(33)19-7-3-2-4-8-19)26(34)29-15-14-18-6-5-9-20(28)16-18/h2-13,16-17,31H,14-15H2,1H3,(H,29,34)/b24-17+,30-23?. The number of carbonyl (C=O) groups excluding carboxylic acids is 3. The first kappa shape index (κ1) is 25.6. The summed E-state index contributed by atoms with van der Waals surface area (Å²) in [7, 11) is 1.54. The third-order valence-electron chi connectivity index (χ3n) is 5.35. The molecule has 188 valence electrons. The van der Waals surface area contributed by atoms with Crippen LogP contribution in [-0.2, 0) is 20.8 Å². The summed E-state index contributed by atoms with van der Waals surface area (Å²) >= 11 is 6.03. The number of aliphatic imine (C=N–C) groups is 1. The van der Waals surface area contributed by atoms with Gasteiger partial charge < -0.3 is 14.9 Å². The van der Waals surface area contributed by atoms with Crippen LogP contribution in [-0.4, -0.2) is 37.1 Å². The molecule has 0 radical (unpaired) electrons. The van der Waals surface area contributed by atoms with Crippen molar-refractivity contribution in [3.8, 4) is 5.75 Å². The quantitative estimate of drug-likeness (QED) is 0.346. The maximum Gasteiger partial charge on any atom is 0.376 e. The van der Waals surface area contributed by atoms with Crippen molar-refractivity contribution in [3.63, 3.8) is 0 Å². The maximum absolute atomic E-state index is 13.1. The SMILES string of the molecule is COc1ccc(N2NOC(=O)/C2=C\C(=NC(=O)c2ccccc2)C(=O)NCCc2cccc(Cl)c2)cc1. The molecule has 0 bridgehead atoms. The van der Waals surface area contributed by atoms with Gasteiger partial charge in [-0.1, -0.05) is 47.5 Å². The van der Waals surface area contributed by atoms with Crippen LogP contribution in [0.4, 0.5) is 5.69 Å². The second kappa shape index (κ2) is 12.0. The molecule has 0 aliphatic carbocycles. The molecule has 2 N–H and O–H groups in total. The van der Waals surface area contributed by atoms with E-state index in [9.17, 15) is 14.4 Å². The molecule has 1 aliphatic rings. The molecule has 0 aromatic heterocycles. The molecule has 0 saturated carbocycles. The summed E-state index contributed by atoms with van der Waals surface area (Å²) in [5.41, 5.74) is 3.97. The zero-order valence-electron chi connectivity index (χ0n) is 19.8. The Kier molecular flexibility index (Phi) is 8.29. The van der Waals surface area contributed by atoms with E-state index in [0.29, 0.717) is 28.4 Å². The van der Waals surface area contributed by atoms with Gasteiger partial charge in [0.1, 0.15) is 11.5 Å². The van der Waals surface area contributed by atoms with Crippen LogP contribution in [0.2, 0.25) is 5.02 Å². The molecule has 1 aliphatic heterocycles. The minimum Gasteiger partial charge on any atom is -0.497 e. The van der Waals surface area contributed by atoms with E-state index in [1.165, 1.54) is 11.1 Å². The summed E-state index contributed by atoms with van der Waals surface area (Å²) in [4.78, 5) is 47.4. The van der Waals surface area contributed by atoms with Gasteiger partial charge in [-0.2, -0.15) is 0 Å². The summed E-state index contributed by atoms with van der Waals surface area (Å²) in [5, 5.41) is 4.68. The molecule has 10 heteroatoms. The van der Waals surface area contributed by atoms with Crippen LogP contribution in [0.15, 0.2) is 95.6 Å². The smallest absolute Gasteiger partial charge is 0.376 e. The molecule has 3 aromatic rings. The first-order valence-corrected chi connectivity index (χ1v) is 11.7. The lowest BCUT2D eigenvalue weighted by molar-refractivity contribution is -0.140. The highest BCUT2D eigenvalue weighted by Gasteiger charge is 2.30. The van der Waals surface area contributed by atoms with Crippen LogP contribution in [0, 0.1) is 0 Å². The molecule has 4 rings (SSSR count). The van der Waals surface area contributed by atoms with E-state index in [1.807, 2.05) is 12.1 Å². The molecule has 9 nitrogen and oxygen atoms in total. The van der Waals surface area contributed by atoms with E-state index < -0.39 is 17.8 Å². The molecule has 0 unspecified atom stereocenters. The number of anilines is 1. The number of methoxy groups -OCH3 is 1. The third-order valence-corrected chi connectivity index (χ3v) is 5.58. The van der Waals surface area contributed by atoms with Gasteiger partial charge in [0, 0.05) is 23.2 Å². The summed E-state index contributed by atoms with van der Waals surface area (Å²) < 4.78 is 5.17. The molecule has 37 heavy (non-hydrogen) atoms. The van der Waals surface area contributed by atoms with E-state index >= 15 is 0 Å². The van der Waals surface area contributed by atoms with E-state index in [4.69, 9.17) is 21.2 Å². The number of hydrogen-bond acceptors (Lipinski definition) is 7. The fraction of sp³-hybridized carbons (Fsp3) is 0.111. The number of nitrogens with one attached hydrogen (secondary N) is 2. The van der Waals surface area contributed by atoms with Gasteiger partial charge in [-0.3, -0.25) is 9.59 Å². The van der Waals surface area contributed by atoms with E-state index in [-0.39, 0.29) is 18.0 Å². The van der Waals surface area contributed by atoms with Gasteiger partial charge in [0.2, 0.25) is 0 Å². The Morgan fingerprint density at radius 3 is 2.54 bits per heavy atom. The predicted octanol–water partition coefficient (Wildman–Crippen LogP) is 3.66. The van der Waals surface area contributed by atoms with Crippen molar-refractivity contribution in [1.29, 1.82) is 0 Å². The molecule has 1 saturated heterocycles. The number of rotatable bonds is 8. The lowest BCUT2D eigenvalue weighted by Crippen LogP contribution is -2.34. The number of amides is 2. The fourth-order valence-electron chi connectivity index (χ4n) is 3.46. The van der Waals surface area contributed by atoms with Crippen molar-refractivity contribution < 1.29 is 24.0 Å². The number of hydrogen-bond donors (Lipinski definition) is 2.